The molecule has 3 aromatic rings. The van der Waals surface area contributed by atoms with Crippen molar-refractivity contribution in [3.8, 4) is 22.8 Å². The maximum atomic E-state index is 12.1. The molecule has 0 saturated heterocycles. The van der Waals surface area contributed by atoms with Crippen LogP contribution >= 0.6 is 11.6 Å². The highest BCUT2D eigenvalue weighted by molar-refractivity contribution is 6.32. The third kappa shape index (κ3) is 3.27. The van der Waals surface area contributed by atoms with Gasteiger partial charge < -0.3 is 9.30 Å². The van der Waals surface area contributed by atoms with Gasteiger partial charge in [-0.25, -0.2) is 4.98 Å². The summed E-state index contributed by atoms with van der Waals surface area (Å²) >= 11 is 6.29. The van der Waals surface area contributed by atoms with Crippen LogP contribution < -0.4 is 10.3 Å². The average molecular weight is 327 g/mol. The number of halogens is 1. The van der Waals surface area contributed by atoms with Crippen LogP contribution in [0.1, 0.15) is 6.92 Å². The van der Waals surface area contributed by atoms with Crippen LogP contribution in [0.15, 0.2) is 65.7 Å². The molecule has 0 amide bonds. The fourth-order valence-electron chi connectivity index (χ4n) is 2.24. The van der Waals surface area contributed by atoms with E-state index in [1.807, 2.05) is 49.4 Å². The van der Waals surface area contributed by atoms with E-state index in [1.54, 1.807) is 12.3 Å². The van der Waals surface area contributed by atoms with Gasteiger partial charge in [0.1, 0.15) is 5.75 Å². The molecule has 0 N–H and O–H groups in total. The van der Waals surface area contributed by atoms with E-state index >= 15 is 0 Å². The lowest BCUT2D eigenvalue weighted by Gasteiger charge is -2.09. The maximum absolute atomic E-state index is 12.1. The Bertz CT molecular complexity index is 876. The summed E-state index contributed by atoms with van der Waals surface area (Å²) in [5.74, 6) is 0.425. The molecule has 116 valence electrons. The first kappa shape index (κ1) is 15.3. The Kier molecular flexibility index (Phi) is 4.44. The lowest BCUT2D eigenvalue weighted by Crippen LogP contribution is -2.20. The maximum Gasteiger partial charge on any atom is 0.313 e. The Balaban J connectivity index is 1.92. The summed E-state index contributed by atoms with van der Waals surface area (Å²) in [6, 6.07) is 15.4. The molecular weight excluding hydrogens is 312 g/mol. The topological polar surface area (TPSA) is 44.1 Å². The Morgan fingerprint density at radius 1 is 1.13 bits per heavy atom. The smallest absolute Gasteiger partial charge is 0.313 e. The van der Waals surface area contributed by atoms with E-state index in [0.717, 1.165) is 11.1 Å². The van der Waals surface area contributed by atoms with Gasteiger partial charge in [-0.05, 0) is 30.2 Å². The van der Waals surface area contributed by atoms with E-state index in [1.165, 1.54) is 10.8 Å². The second-order valence-electron chi connectivity index (χ2n) is 4.94. The SMILES string of the molecule is CCn1ccnc(Oc2ccc(-c3ccccc3)cc2Cl)c1=O. The van der Waals surface area contributed by atoms with Crippen LogP contribution in [-0.4, -0.2) is 9.55 Å². The van der Waals surface area contributed by atoms with Gasteiger partial charge in [0.25, 0.3) is 5.88 Å². The Hall–Kier alpha value is -2.59. The van der Waals surface area contributed by atoms with Crippen LogP contribution in [-0.2, 0) is 6.54 Å². The van der Waals surface area contributed by atoms with E-state index in [4.69, 9.17) is 16.3 Å². The second kappa shape index (κ2) is 6.67. The van der Waals surface area contributed by atoms with Gasteiger partial charge in [-0.15, -0.1) is 0 Å². The van der Waals surface area contributed by atoms with E-state index in [2.05, 4.69) is 4.98 Å². The fourth-order valence-corrected chi connectivity index (χ4v) is 2.46. The summed E-state index contributed by atoms with van der Waals surface area (Å²) in [5, 5.41) is 0.430. The van der Waals surface area contributed by atoms with Crippen LogP contribution in [0.4, 0.5) is 0 Å². The summed E-state index contributed by atoms with van der Waals surface area (Å²) in [5.41, 5.74) is 1.76. The molecule has 0 saturated carbocycles. The molecular formula is C18H15ClN2O2. The first-order chi connectivity index (χ1) is 11.2. The van der Waals surface area contributed by atoms with Crippen LogP contribution in [0, 0.1) is 0 Å². The summed E-state index contributed by atoms with van der Waals surface area (Å²) < 4.78 is 7.12. The molecule has 0 fully saturated rings. The quantitative estimate of drug-likeness (QED) is 0.714. The number of hydrogen-bond acceptors (Lipinski definition) is 3. The molecule has 0 aliphatic rings. The molecule has 0 bridgehead atoms. The number of rotatable bonds is 4. The van der Waals surface area contributed by atoms with E-state index in [9.17, 15) is 4.79 Å². The van der Waals surface area contributed by atoms with Gasteiger partial charge in [-0.3, -0.25) is 4.79 Å². The number of nitrogens with zero attached hydrogens (tertiary/aromatic N) is 2. The molecule has 1 aromatic heterocycles. The molecule has 5 heteroatoms. The third-order valence-corrected chi connectivity index (χ3v) is 3.76. The zero-order valence-corrected chi connectivity index (χ0v) is 13.3. The van der Waals surface area contributed by atoms with E-state index < -0.39 is 0 Å². The van der Waals surface area contributed by atoms with Crippen LogP contribution in [0.5, 0.6) is 11.6 Å². The van der Waals surface area contributed by atoms with Gasteiger partial charge in [-0.1, -0.05) is 48.0 Å². The average Bonchev–Trinajstić information content (AvgIpc) is 2.59. The van der Waals surface area contributed by atoms with E-state index in [0.29, 0.717) is 17.3 Å². The molecule has 1 heterocycles. The van der Waals surface area contributed by atoms with Gasteiger partial charge in [0.2, 0.25) is 0 Å². The number of aryl methyl sites for hydroxylation is 1. The van der Waals surface area contributed by atoms with Gasteiger partial charge in [0.15, 0.2) is 0 Å². The molecule has 0 aliphatic carbocycles. The Labute approximate surface area is 139 Å². The fraction of sp³-hybridized carbons (Fsp3) is 0.111. The molecule has 0 spiro atoms. The Morgan fingerprint density at radius 3 is 2.61 bits per heavy atom. The van der Waals surface area contributed by atoms with Crippen molar-refractivity contribution in [3.05, 3.63) is 76.3 Å². The monoisotopic (exact) mass is 326 g/mol. The summed E-state index contributed by atoms with van der Waals surface area (Å²) in [4.78, 5) is 16.1. The number of benzene rings is 2. The standard InChI is InChI=1S/C18H15ClN2O2/c1-2-21-11-10-20-17(18(21)22)23-16-9-8-14(12-15(16)19)13-6-4-3-5-7-13/h3-12H,2H2,1H3. The molecule has 0 aliphatic heterocycles. The zero-order valence-electron chi connectivity index (χ0n) is 12.6. The van der Waals surface area contributed by atoms with Crippen molar-refractivity contribution in [1.82, 2.24) is 9.55 Å². The number of aromatic nitrogens is 2. The van der Waals surface area contributed by atoms with Crippen molar-refractivity contribution < 1.29 is 4.74 Å². The van der Waals surface area contributed by atoms with Crippen molar-refractivity contribution in [2.75, 3.05) is 0 Å². The predicted octanol–water partition coefficient (Wildman–Crippen LogP) is 4.38. The van der Waals surface area contributed by atoms with Gasteiger partial charge in [-0.2, -0.15) is 0 Å². The highest BCUT2D eigenvalue weighted by atomic mass is 35.5. The molecule has 0 radical (unpaired) electrons. The van der Waals surface area contributed by atoms with Crippen LogP contribution in [0.3, 0.4) is 0 Å². The summed E-state index contributed by atoms with van der Waals surface area (Å²) in [6.45, 7) is 2.44. The highest BCUT2D eigenvalue weighted by Gasteiger charge is 2.10. The highest BCUT2D eigenvalue weighted by Crippen LogP contribution is 2.32. The minimum absolute atomic E-state index is 0.0173. The minimum Gasteiger partial charge on any atom is -0.433 e. The largest absolute Gasteiger partial charge is 0.433 e. The van der Waals surface area contributed by atoms with Crippen LogP contribution in [0.25, 0.3) is 11.1 Å². The van der Waals surface area contributed by atoms with Crippen molar-refractivity contribution in [1.29, 1.82) is 0 Å². The lowest BCUT2D eigenvalue weighted by atomic mass is 10.1. The van der Waals surface area contributed by atoms with Crippen LogP contribution in [0.2, 0.25) is 5.02 Å². The van der Waals surface area contributed by atoms with Crippen molar-refractivity contribution in [2.24, 2.45) is 0 Å². The molecule has 4 nitrogen and oxygen atoms in total. The number of ether oxygens (including phenoxy) is 1. The van der Waals surface area contributed by atoms with Crippen molar-refractivity contribution in [2.45, 2.75) is 13.5 Å². The molecule has 2 aromatic carbocycles. The van der Waals surface area contributed by atoms with E-state index in [-0.39, 0.29) is 11.4 Å². The molecule has 0 unspecified atom stereocenters. The minimum atomic E-state index is -0.279. The first-order valence-corrected chi connectivity index (χ1v) is 7.65. The van der Waals surface area contributed by atoms with Crippen molar-refractivity contribution >= 4 is 11.6 Å². The molecule has 3 rings (SSSR count). The second-order valence-corrected chi connectivity index (χ2v) is 5.34. The predicted molar refractivity (Wildman–Crippen MR) is 91.1 cm³/mol. The lowest BCUT2D eigenvalue weighted by molar-refractivity contribution is 0.446. The van der Waals surface area contributed by atoms with Gasteiger partial charge in [0.05, 0.1) is 5.02 Å². The van der Waals surface area contributed by atoms with Crippen molar-refractivity contribution in [3.63, 3.8) is 0 Å². The third-order valence-electron chi connectivity index (χ3n) is 3.47. The first-order valence-electron chi connectivity index (χ1n) is 7.27. The van der Waals surface area contributed by atoms with Gasteiger partial charge in [0, 0.05) is 18.9 Å². The Morgan fingerprint density at radius 2 is 1.91 bits per heavy atom. The molecule has 0 atom stereocenters. The summed E-state index contributed by atoms with van der Waals surface area (Å²) in [7, 11) is 0. The zero-order chi connectivity index (χ0) is 16.2. The summed E-state index contributed by atoms with van der Waals surface area (Å²) in [6.07, 6.45) is 3.15. The normalized spacial score (nSPS) is 10.5. The van der Waals surface area contributed by atoms with Gasteiger partial charge >= 0.3 is 5.56 Å². The molecule has 23 heavy (non-hydrogen) atoms. The number of hydrogen-bond donors (Lipinski definition) is 0.